The Morgan fingerprint density at radius 2 is 2.04 bits per heavy atom. The zero-order valence-corrected chi connectivity index (χ0v) is 16.0. The molecule has 1 unspecified atom stereocenters. The molecule has 1 saturated heterocycles. The number of hydrogen-bond acceptors (Lipinski definition) is 3. The Labute approximate surface area is 164 Å². The van der Waals surface area contributed by atoms with Gasteiger partial charge in [-0.3, -0.25) is 14.6 Å². The highest BCUT2D eigenvalue weighted by Crippen LogP contribution is 2.30. The summed E-state index contributed by atoms with van der Waals surface area (Å²) >= 11 is 5.96. The Morgan fingerprint density at radius 1 is 1.22 bits per heavy atom. The van der Waals surface area contributed by atoms with Crippen molar-refractivity contribution < 1.29 is 9.59 Å². The van der Waals surface area contributed by atoms with Crippen molar-refractivity contribution in [2.75, 3.05) is 6.54 Å². The first-order chi connectivity index (χ1) is 13.0. The third-order valence-electron chi connectivity index (χ3n) is 4.98. The van der Waals surface area contributed by atoms with Crippen LogP contribution in [-0.4, -0.2) is 28.9 Å². The zero-order valence-electron chi connectivity index (χ0n) is 15.2. The van der Waals surface area contributed by atoms with Gasteiger partial charge in [0.25, 0.3) is 0 Å². The van der Waals surface area contributed by atoms with Crippen LogP contribution in [0.1, 0.15) is 36.8 Å². The van der Waals surface area contributed by atoms with Gasteiger partial charge in [-0.05, 0) is 55.0 Å². The van der Waals surface area contributed by atoms with Crippen LogP contribution < -0.4 is 10.6 Å². The van der Waals surface area contributed by atoms with Crippen LogP contribution in [0.2, 0.25) is 5.02 Å². The fourth-order valence-electron chi connectivity index (χ4n) is 3.51. The van der Waals surface area contributed by atoms with Crippen LogP contribution in [0.4, 0.5) is 0 Å². The van der Waals surface area contributed by atoms with Crippen molar-refractivity contribution in [2.24, 2.45) is 0 Å². The predicted octanol–water partition coefficient (Wildman–Crippen LogP) is 3.07. The largest absolute Gasteiger partial charge is 0.356 e. The van der Waals surface area contributed by atoms with E-state index in [4.69, 9.17) is 11.6 Å². The summed E-state index contributed by atoms with van der Waals surface area (Å²) in [5.41, 5.74) is 1.85. The fourth-order valence-corrected chi connectivity index (χ4v) is 3.63. The van der Waals surface area contributed by atoms with E-state index in [1.807, 2.05) is 36.4 Å². The molecule has 1 aromatic carbocycles. The van der Waals surface area contributed by atoms with Crippen LogP contribution in [0.15, 0.2) is 48.8 Å². The van der Waals surface area contributed by atoms with E-state index in [0.717, 1.165) is 24.0 Å². The second-order valence-electron chi connectivity index (χ2n) is 7.09. The number of hydrogen-bond donors (Lipinski definition) is 2. The second-order valence-corrected chi connectivity index (χ2v) is 7.53. The topological polar surface area (TPSA) is 71.1 Å². The molecule has 5 nitrogen and oxygen atoms in total. The average molecular weight is 386 g/mol. The van der Waals surface area contributed by atoms with Crippen molar-refractivity contribution in [3.05, 3.63) is 64.9 Å². The van der Waals surface area contributed by atoms with Gasteiger partial charge >= 0.3 is 0 Å². The zero-order chi connectivity index (χ0) is 19.1. The van der Waals surface area contributed by atoms with Gasteiger partial charge in [0.05, 0.1) is 0 Å². The molecule has 2 aromatic rings. The maximum Gasteiger partial charge on any atom is 0.220 e. The lowest BCUT2D eigenvalue weighted by molar-refractivity contribution is -0.122. The van der Waals surface area contributed by atoms with Gasteiger partial charge in [-0.1, -0.05) is 29.8 Å². The monoisotopic (exact) mass is 385 g/mol. The minimum Gasteiger partial charge on any atom is -0.356 e. The lowest BCUT2D eigenvalue weighted by Crippen LogP contribution is -2.44. The van der Waals surface area contributed by atoms with Crippen molar-refractivity contribution in [1.82, 2.24) is 15.6 Å². The summed E-state index contributed by atoms with van der Waals surface area (Å²) in [6, 6.07) is 11.5. The number of pyridine rings is 1. The van der Waals surface area contributed by atoms with Crippen LogP contribution >= 0.6 is 11.6 Å². The third-order valence-corrected chi connectivity index (χ3v) is 5.23. The van der Waals surface area contributed by atoms with E-state index in [9.17, 15) is 9.59 Å². The maximum atomic E-state index is 12.3. The average Bonchev–Trinajstić information content (AvgIpc) is 3.04. The Balaban J connectivity index is 1.51. The number of halogens is 1. The molecule has 1 aliphatic rings. The van der Waals surface area contributed by atoms with E-state index < -0.39 is 0 Å². The Kier molecular flexibility index (Phi) is 6.45. The Morgan fingerprint density at radius 3 is 2.70 bits per heavy atom. The summed E-state index contributed by atoms with van der Waals surface area (Å²) in [6.07, 6.45) is 7.28. The number of benzene rings is 1. The van der Waals surface area contributed by atoms with Gasteiger partial charge in [-0.15, -0.1) is 0 Å². The molecule has 2 N–H and O–H groups in total. The van der Waals surface area contributed by atoms with E-state index in [1.54, 1.807) is 12.4 Å². The molecule has 1 atom stereocenters. The van der Waals surface area contributed by atoms with Crippen molar-refractivity contribution >= 4 is 23.4 Å². The molecule has 1 aliphatic heterocycles. The summed E-state index contributed by atoms with van der Waals surface area (Å²) in [4.78, 5) is 28.2. The van der Waals surface area contributed by atoms with Gasteiger partial charge < -0.3 is 10.6 Å². The van der Waals surface area contributed by atoms with E-state index >= 15 is 0 Å². The van der Waals surface area contributed by atoms with Gasteiger partial charge in [0.15, 0.2) is 0 Å². The van der Waals surface area contributed by atoms with Crippen molar-refractivity contribution in [2.45, 2.75) is 44.1 Å². The van der Waals surface area contributed by atoms with Crippen LogP contribution in [-0.2, 0) is 22.4 Å². The molecule has 1 aromatic heterocycles. The summed E-state index contributed by atoms with van der Waals surface area (Å²) < 4.78 is 0. The number of nitrogens with zero attached hydrogens (tertiary/aromatic N) is 1. The van der Waals surface area contributed by atoms with Gasteiger partial charge in [-0.2, -0.15) is 0 Å². The maximum absolute atomic E-state index is 12.3. The van der Waals surface area contributed by atoms with Crippen LogP contribution in [0, 0.1) is 0 Å². The second kappa shape index (κ2) is 9.00. The van der Waals surface area contributed by atoms with Crippen molar-refractivity contribution in [1.29, 1.82) is 0 Å². The standard InChI is InChI=1S/C21H24ClN3O2/c22-18-5-3-16(4-6-18)14-21(11-8-20(27)25-21)10-7-19(26)24-13-9-17-2-1-12-23-15-17/h1-6,12,15H,7-11,13-14H2,(H,24,26)(H,25,27). The molecule has 27 heavy (non-hydrogen) atoms. The number of amides is 2. The smallest absolute Gasteiger partial charge is 0.220 e. The van der Waals surface area contributed by atoms with E-state index in [0.29, 0.717) is 37.3 Å². The summed E-state index contributed by atoms with van der Waals surface area (Å²) in [5.74, 6) is 0.0662. The normalized spacial score (nSPS) is 18.9. The fraction of sp³-hybridized carbons (Fsp3) is 0.381. The van der Waals surface area contributed by atoms with Crippen LogP contribution in [0.3, 0.4) is 0 Å². The highest BCUT2D eigenvalue weighted by molar-refractivity contribution is 6.30. The van der Waals surface area contributed by atoms with Crippen molar-refractivity contribution in [3.8, 4) is 0 Å². The molecule has 0 radical (unpaired) electrons. The molecule has 2 amide bonds. The molecule has 2 heterocycles. The number of carbonyl (C=O) groups excluding carboxylic acids is 2. The van der Waals surface area contributed by atoms with Crippen molar-refractivity contribution in [3.63, 3.8) is 0 Å². The van der Waals surface area contributed by atoms with Crippen LogP contribution in [0.5, 0.6) is 0 Å². The molecule has 6 heteroatoms. The highest BCUT2D eigenvalue weighted by Gasteiger charge is 2.37. The summed E-state index contributed by atoms with van der Waals surface area (Å²) in [5, 5.41) is 6.76. The summed E-state index contributed by atoms with van der Waals surface area (Å²) in [6.45, 7) is 0.584. The minimum atomic E-state index is -0.356. The van der Waals surface area contributed by atoms with Gasteiger partial charge in [0.1, 0.15) is 0 Å². The van der Waals surface area contributed by atoms with Gasteiger partial charge in [-0.25, -0.2) is 0 Å². The number of rotatable bonds is 8. The number of carbonyl (C=O) groups is 2. The first-order valence-corrected chi connectivity index (χ1v) is 9.64. The Hall–Kier alpha value is -2.40. The van der Waals surface area contributed by atoms with E-state index in [-0.39, 0.29) is 17.4 Å². The molecule has 0 spiro atoms. The first kappa shape index (κ1) is 19.4. The molecular weight excluding hydrogens is 362 g/mol. The summed E-state index contributed by atoms with van der Waals surface area (Å²) in [7, 11) is 0. The van der Waals surface area contributed by atoms with E-state index in [2.05, 4.69) is 15.6 Å². The first-order valence-electron chi connectivity index (χ1n) is 9.26. The molecule has 0 aliphatic carbocycles. The quantitative estimate of drug-likeness (QED) is 0.733. The Bertz CT molecular complexity index is 780. The SMILES string of the molecule is O=C(CCC1(Cc2ccc(Cl)cc2)CCC(=O)N1)NCCc1cccnc1. The molecule has 1 fully saturated rings. The highest BCUT2D eigenvalue weighted by atomic mass is 35.5. The molecular formula is C21H24ClN3O2. The lowest BCUT2D eigenvalue weighted by atomic mass is 9.85. The van der Waals surface area contributed by atoms with Gasteiger partial charge in [0, 0.05) is 42.3 Å². The van der Waals surface area contributed by atoms with E-state index in [1.165, 1.54) is 0 Å². The number of nitrogens with one attached hydrogen (secondary N) is 2. The third kappa shape index (κ3) is 5.79. The number of aromatic nitrogens is 1. The minimum absolute atomic E-state index is 0.00974. The molecule has 142 valence electrons. The molecule has 0 bridgehead atoms. The molecule has 0 saturated carbocycles. The van der Waals surface area contributed by atoms with Crippen LogP contribution in [0.25, 0.3) is 0 Å². The van der Waals surface area contributed by atoms with Gasteiger partial charge in [0.2, 0.25) is 11.8 Å². The predicted molar refractivity (Wildman–Crippen MR) is 105 cm³/mol. The lowest BCUT2D eigenvalue weighted by Gasteiger charge is -2.29. The molecule has 3 rings (SSSR count).